The summed E-state index contributed by atoms with van der Waals surface area (Å²) in [5, 5.41) is 30.9. The van der Waals surface area contributed by atoms with Crippen molar-refractivity contribution in [1.29, 1.82) is 0 Å². The van der Waals surface area contributed by atoms with Gasteiger partial charge in [-0.15, -0.1) is 0 Å². The van der Waals surface area contributed by atoms with E-state index in [1.54, 1.807) is 4.68 Å². The first kappa shape index (κ1) is 20.1. The molecule has 1 aromatic heterocycles. The normalized spacial score (nSPS) is 16.2. The highest BCUT2D eigenvalue weighted by molar-refractivity contribution is 6.14. The van der Waals surface area contributed by atoms with E-state index in [2.05, 4.69) is 17.0 Å². The summed E-state index contributed by atoms with van der Waals surface area (Å²) in [7, 11) is 1.85. The second-order valence-electron chi connectivity index (χ2n) is 7.65. The Bertz CT molecular complexity index is 1100. The van der Waals surface area contributed by atoms with Crippen LogP contribution in [0.15, 0.2) is 41.5 Å². The van der Waals surface area contributed by atoms with E-state index < -0.39 is 0 Å². The van der Waals surface area contributed by atoms with Gasteiger partial charge in [-0.3, -0.25) is 0 Å². The van der Waals surface area contributed by atoms with Gasteiger partial charge in [0.2, 0.25) is 5.95 Å². The molecular formula is C22H26N6O2. The second-order valence-corrected chi connectivity index (χ2v) is 7.65. The molecule has 1 aliphatic rings. The molecule has 2 heterocycles. The monoisotopic (exact) mass is 406 g/mol. The number of aryl methyl sites for hydroxylation is 2. The van der Waals surface area contributed by atoms with Gasteiger partial charge >= 0.3 is 0 Å². The Morgan fingerprint density at radius 1 is 1.10 bits per heavy atom. The highest BCUT2D eigenvalue weighted by Crippen LogP contribution is 2.29. The summed E-state index contributed by atoms with van der Waals surface area (Å²) in [4.78, 5) is 4.57. The van der Waals surface area contributed by atoms with Gasteiger partial charge in [0.15, 0.2) is 0 Å². The van der Waals surface area contributed by atoms with Crippen molar-refractivity contribution in [2.24, 2.45) is 12.1 Å². The van der Waals surface area contributed by atoms with Crippen molar-refractivity contribution in [2.45, 2.75) is 39.5 Å². The van der Waals surface area contributed by atoms with Gasteiger partial charge in [0.25, 0.3) is 0 Å². The quantitative estimate of drug-likeness (QED) is 0.571. The number of hydrogen-bond acceptors (Lipinski definition) is 7. The van der Waals surface area contributed by atoms with Crippen LogP contribution in [0.1, 0.15) is 40.6 Å². The lowest BCUT2D eigenvalue weighted by molar-refractivity contribution is 0.260. The summed E-state index contributed by atoms with van der Waals surface area (Å²) in [6, 6.07) is 11.5. The summed E-state index contributed by atoms with van der Waals surface area (Å²) < 4.78 is 1.73. The van der Waals surface area contributed by atoms with Crippen LogP contribution in [0.3, 0.4) is 0 Å². The molecule has 1 aliphatic heterocycles. The highest BCUT2D eigenvalue weighted by Gasteiger charge is 2.28. The van der Waals surface area contributed by atoms with Gasteiger partial charge in [-0.05, 0) is 55.2 Å². The van der Waals surface area contributed by atoms with Gasteiger partial charge in [-0.2, -0.15) is 15.2 Å². The Balaban J connectivity index is 1.95. The summed E-state index contributed by atoms with van der Waals surface area (Å²) in [5.41, 5.74) is 11.6. The third kappa shape index (κ3) is 3.55. The Hall–Kier alpha value is -3.23. The number of hydrazone groups is 1. The fraction of sp³-hybridized carbons (Fsp3) is 0.318. The van der Waals surface area contributed by atoms with Crippen molar-refractivity contribution < 1.29 is 10.2 Å². The minimum Gasteiger partial charge on any atom is -0.399 e. The lowest BCUT2D eigenvalue weighted by Crippen LogP contribution is -2.31. The van der Waals surface area contributed by atoms with E-state index in [1.165, 1.54) is 0 Å². The number of hydrogen-bond donors (Lipinski definition) is 3. The first-order chi connectivity index (χ1) is 14.4. The molecule has 8 nitrogen and oxygen atoms in total. The number of nitrogens with two attached hydrogens (primary N) is 1. The van der Waals surface area contributed by atoms with Crippen LogP contribution in [0, 0.1) is 6.92 Å². The first-order valence-corrected chi connectivity index (χ1v) is 9.89. The fourth-order valence-electron chi connectivity index (χ4n) is 3.89. The molecule has 0 fully saturated rings. The van der Waals surface area contributed by atoms with Crippen LogP contribution in [-0.4, -0.2) is 36.7 Å². The van der Waals surface area contributed by atoms with Crippen molar-refractivity contribution >= 4 is 17.3 Å². The molecule has 0 saturated carbocycles. The second kappa shape index (κ2) is 7.89. The summed E-state index contributed by atoms with van der Waals surface area (Å²) in [6.45, 7) is 3.66. The third-order valence-corrected chi connectivity index (χ3v) is 5.40. The maximum atomic E-state index is 9.84. The van der Waals surface area contributed by atoms with Gasteiger partial charge in [-0.25, -0.2) is 9.69 Å². The highest BCUT2D eigenvalue weighted by atomic mass is 16.3. The zero-order valence-electron chi connectivity index (χ0n) is 17.4. The van der Waals surface area contributed by atoms with E-state index in [4.69, 9.17) is 10.8 Å². The number of aromatic nitrogens is 3. The van der Waals surface area contributed by atoms with E-state index in [0.29, 0.717) is 29.4 Å². The van der Waals surface area contributed by atoms with Crippen LogP contribution >= 0.6 is 0 Å². The molecule has 156 valence electrons. The molecule has 0 amide bonds. The van der Waals surface area contributed by atoms with Crippen molar-refractivity contribution in [1.82, 2.24) is 14.8 Å². The van der Waals surface area contributed by atoms with Crippen molar-refractivity contribution in [3.8, 4) is 0 Å². The standard InChI is InChI=1S/C22H26N6O2/c1-13-8-16-9-17(11-29)18(12-30)10-20(16)21(15-4-6-19(23)7-5-15)26-28(13)22-24-14(2)25-27(22)3/h4-7,9-10,13,29-30H,8,11-12,23H2,1-3H3. The number of benzene rings is 2. The number of aliphatic hydroxyl groups is 2. The molecule has 0 spiro atoms. The lowest BCUT2D eigenvalue weighted by atomic mass is 9.90. The molecule has 3 aromatic rings. The number of fused-ring (bicyclic) bond motifs is 1. The van der Waals surface area contributed by atoms with Crippen LogP contribution in [0.5, 0.6) is 0 Å². The van der Waals surface area contributed by atoms with Gasteiger partial charge in [0.05, 0.1) is 25.0 Å². The smallest absolute Gasteiger partial charge is 0.244 e. The molecule has 8 heteroatoms. The van der Waals surface area contributed by atoms with Crippen LogP contribution in [0.2, 0.25) is 0 Å². The fourth-order valence-corrected chi connectivity index (χ4v) is 3.89. The maximum absolute atomic E-state index is 9.84. The molecule has 0 radical (unpaired) electrons. The van der Waals surface area contributed by atoms with Crippen molar-refractivity contribution in [2.75, 3.05) is 10.7 Å². The van der Waals surface area contributed by atoms with Gasteiger partial charge in [0, 0.05) is 23.9 Å². The number of nitrogens with zero attached hydrogens (tertiary/aromatic N) is 5. The van der Waals surface area contributed by atoms with Gasteiger partial charge in [-0.1, -0.05) is 18.2 Å². The molecular weight excluding hydrogens is 380 g/mol. The van der Waals surface area contributed by atoms with Crippen LogP contribution in [0.25, 0.3) is 0 Å². The molecule has 0 aliphatic carbocycles. The Morgan fingerprint density at radius 3 is 2.37 bits per heavy atom. The first-order valence-electron chi connectivity index (χ1n) is 9.89. The van der Waals surface area contributed by atoms with Crippen LogP contribution in [0.4, 0.5) is 11.6 Å². The van der Waals surface area contributed by atoms with E-state index in [9.17, 15) is 10.2 Å². The Kier molecular flexibility index (Phi) is 5.27. The molecule has 0 saturated heterocycles. The van der Waals surface area contributed by atoms with E-state index in [1.807, 2.05) is 55.4 Å². The number of nitrogen functional groups attached to an aromatic ring is 1. The van der Waals surface area contributed by atoms with Crippen LogP contribution in [-0.2, 0) is 26.7 Å². The zero-order valence-corrected chi connectivity index (χ0v) is 17.4. The Morgan fingerprint density at radius 2 is 1.77 bits per heavy atom. The number of rotatable bonds is 4. The van der Waals surface area contributed by atoms with E-state index >= 15 is 0 Å². The van der Waals surface area contributed by atoms with Crippen molar-refractivity contribution in [3.05, 3.63) is 70.0 Å². The topological polar surface area (TPSA) is 113 Å². The zero-order chi connectivity index (χ0) is 21.4. The summed E-state index contributed by atoms with van der Waals surface area (Å²) in [5.74, 6) is 1.33. The third-order valence-electron chi connectivity index (χ3n) is 5.40. The predicted molar refractivity (Wildman–Crippen MR) is 116 cm³/mol. The lowest BCUT2D eigenvalue weighted by Gasteiger charge is -2.23. The van der Waals surface area contributed by atoms with Crippen LogP contribution < -0.4 is 10.7 Å². The maximum Gasteiger partial charge on any atom is 0.244 e. The SMILES string of the molecule is Cc1nc(N2N=C(c3ccc(N)cc3)c3cc(CO)c(CO)cc3CC2C)n(C)n1. The van der Waals surface area contributed by atoms with E-state index in [0.717, 1.165) is 28.0 Å². The number of aliphatic hydroxyl groups excluding tert-OH is 2. The Labute approximate surface area is 175 Å². The largest absolute Gasteiger partial charge is 0.399 e. The molecule has 1 unspecified atom stereocenters. The van der Waals surface area contributed by atoms with E-state index in [-0.39, 0.29) is 19.3 Å². The average Bonchev–Trinajstić information content (AvgIpc) is 2.99. The van der Waals surface area contributed by atoms with Crippen molar-refractivity contribution in [3.63, 3.8) is 0 Å². The summed E-state index contributed by atoms with van der Waals surface area (Å²) in [6.07, 6.45) is 0.696. The average molecular weight is 406 g/mol. The molecule has 4 rings (SSSR count). The molecule has 1 atom stereocenters. The number of anilines is 2. The molecule has 2 aromatic carbocycles. The molecule has 0 bridgehead atoms. The molecule has 30 heavy (non-hydrogen) atoms. The van der Waals surface area contributed by atoms with Gasteiger partial charge in [0.1, 0.15) is 5.82 Å². The van der Waals surface area contributed by atoms with Gasteiger partial charge < -0.3 is 15.9 Å². The predicted octanol–water partition coefficient (Wildman–Crippen LogP) is 1.89. The summed E-state index contributed by atoms with van der Waals surface area (Å²) >= 11 is 0. The molecule has 4 N–H and O–H groups in total. The minimum absolute atomic E-state index is 0.00357. The minimum atomic E-state index is -0.153.